The molecule has 6 heteroatoms. The number of ether oxygens (including phenoxy) is 2. The van der Waals surface area contributed by atoms with Gasteiger partial charge in [-0.2, -0.15) is 0 Å². The SMILES string of the molecule is C.O=C(CCCCCCCCC1CO1)NCCNC(=O)CCCCCCCCC1CO1. The summed E-state index contributed by atoms with van der Waals surface area (Å²) >= 11 is 0. The summed E-state index contributed by atoms with van der Waals surface area (Å²) in [7, 11) is 0. The zero-order valence-electron chi connectivity index (χ0n) is 18.9. The van der Waals surface area contributed by atoms with Gasteiger partial charge >= 0.3 is 0 Å². The van der Waals surface area contributed by atoms with Gasteiger partial charge in [0.05, 0.1) is 25.4 Å². The van der Waals surface area contributed by atoms with E-state index in [1.807, 2.05) is 0 Å². The summed E-state index contributed by atoms with van der Waals surface area (Å²) in [5, 5.41) is 5.80. The van der Waals surface area contributed by atoms with E-state index in [2.05, 4.69) is 10.6 Å². The van der Waals surface area contributed by atoms with Crippen LogP contribution < -0.4 is 10.6 Å². The zero-order valence-corrected chi connectivity index (χ0v) is 18.9. The van der Waals surface area contributed by atoms with Gasteiger partial charge in [-0.1, -0.05) is 71.6 Å². The monoisotopic (exact) mass is 440 g/mol. The van der Waals surface area contributed by atoms with Gasteiger partial charge in [0.25, 0.3) is 0 Å². The second kappa shape index (κ2) is 18.4. The molecule has 0 radical (unpaired) electrons. The van der Waals surface area contributed by atoms with E-state index in [1.54, 1.807) is 0 Å². The summed E-state index contributed by atoms with van der Waals surface area (Å²) in [5.41, 5.74) is 0. The molecule has 31 heavy (non-hydrogen) atoms. The molecule has 2 saturated heterocycles. The van der Waals surface area contributed by atoms with Crippen LogP contribution in [0.3, 0.4) is 0 Å². The summed E-state index contributed by atoms with van der Waals surface area (Å²) in [5.74, 6) is 0.201. The Bertz CT molecular complexity index is 422. The van der Waals surface area contributed by atoms with Crippen LogP contribution in [0.4, 0.5) is 0 Å². The average Bonchev–Trinajstić information content (AvgIpc) is 3.64. The number of carbonyl (C=O) groups excluding carboxylic acids is 2. The highest BCUT2D eigenvalue weighted by atomic mass is 16.6. The Labute approximate surface area is 190 Å². The van der Waals surface area contributed by atoms with Gasteiger partial charge in [-0.15, -0.1) is 0 Å². The molecule has 0 bridgehead atoms. The molecule has 0 saturated carbocycles. The summed E-state index contributed by atoms with van der Waals surface area (Å²) < 4.78 is 10.4. The highest BCUT2D eigenvalue weighted by molar-refractivity contribution is 5.77. The van der Waals surface area contributed by atoms with Gasteiger partial charge in [-0.25, -0.2) is 0 Å². The molecule has 2 aliphatic heterocycles. The minimum atomic E-state index is 0. The van der Waals surface area contributed by atoms with Crippen LogP contribution in [0.5, 0.6) is 0 Å². The Hall–Kier alpha value is -1.14. The molecule has 0 aromatic carbocycles. The first-order valence-corrected chi connectivity index (χ1v) is 12.5. The molecule has 0 aromatic rings. The minimum Gasteiger partial charge on any atom is -0.373 e. The van der Waals surface area contributed by atoms with Crippen LogP contribution in [0, 0.1) is 0 Å². The molecule has 6 nitrogen and oxygen atoms in total. The van der Waals surface area contributed by atoms with Crippen molar-refractivity contribution in [2.75, 3.05) is 26.3 Å². The molecular formula is C25H48N2O4. The number of amides is 2. The molecule has 2 fully saturated rings. The second-order valence-corrected chi connectivity index (χ2v) is 8.93. The maximum atomic E-state index is 11.8. The molecule has 182 valence electrons. The lowest BCUT2D eigenvalue weighted by molar-refractivity contribution is -0.123. The number of epoxide rings is 2. The van der Waals surface area contributed by atoms with Crippen molar-refractivity contribution in [2.45, 2.75) is 122 Å². The lowest BCUT2D eigenvalue weighted by Gasteiger charge is -2.07. The van der Waals surface area contributed by atoms with Crippen molar-refractivity contribution >= 4 is 11.8 Å². The predicted molar refractivity (Wildman–Crippen MR) is 126 cm³/mol. The van der Waals surface area contributed by atoms with E-state index in [9.17, 15) is 9.59 Å². The second-order valence-electron chi connectivity index (χ2n) is 8.93. The first-order chi connectivity index (χ1) is 14.7. The van der Waals surface area contributed by atoms with Gasteiger partial charge in [0.2, 0.25) is 11.8 Å². The molecule has 0 aliphatic carbocycles. The molecular weight excluding hydrogens is 392 g/mol. The van der Waals surface area contributed by atoms with Gasteiger partial charge in [0, 0.05) is 25.9 Å². The van der Waals surface area contributed by atoms with Crippen LogP contribution in [0.2, 0.25) is 0 Å². The third-order valence-electron chi connectivity index (χ3n) is 5.93. The molecule has 2 atom stereocenters. The van der Waals surface area contributed by atoms with Crippen molar-refractivity contribution in [1.29, 1.82) is 0 Å². The fourth-order valence-corrected chi connectivity index (χ4v) is 3.78. The maximum absolute atomic E-state index is 11.8. The summed E-state index contributed by atoms with van der Waals surface area (Å²) in [6.07, 6.45) is 19.0. The Balaban J connectivity index is 0.00000480. The lowest BCUT2D eigenvalue weighted by atomic mass is 10.1. The van der Waals surface area contributed by atoms with E-state index in [0.717, 1.165) is 38.9 Å². The zero-order chi connectivity index (χ0) is 21.3. The van der Waals surface area contributed by atoms with E-state index in [1.165, 1.54) is 64.2 Å². The first-order valence-electron chi connectivity index (χ1n) is 12.5. The lowest BCUT2D eigenvalue weighted by Crippen LogP contribution is -2.34. The molecule has 2 rings (SSSR count). The summed E-state index contributed by atoms with van der Waals surface area (Å²) in [6.45, 7) is 2.99. The van der Waals surface area contributed by atoms with Gasteiger partial charge in [0.1, 0.15) is 0 Å². The van der Waals surface area contributed by atoms with Gasteiger partial charge < -0.3 is 20.1 Å². The Kier molecular flexibility index (Phi) is 16.6. The van der Waals surface area contributed by atoms with E-state index < -0.39 is 0 Å². The van der Waals surface area contributed by atoms with E-state index in [0.29, 0.717) is 38.1 Å². The van der Waals surface area contributed by atoms with Crippen LogP contribution in [0.1, 0.15) is 110 Å². The van der Waals surface area contributed by atoms with Crippen molar-refractivity contribution in [1.82, 2.24) is 10.6 Å². The predicted octanol–water partition coefficient (Wildman–Crippen LogP) is 4.89. The minimum absolute atomic E-state index is 0. The van der Waals surface area contributed by atoms with Gasteiger partial charge in [0.15, 0.2) is 0 Å². The van der Waals surface area contributed by atoms with E-state index >= 15 is 0 Å². The van der Waals surface area contributed by atoms with Crippen LogP contribution >= 0.6 is 0 Å². The van der Waals surface area contributed by atoms with Crippen LogP contribution in [0.25, 0.3) is 0 Å². The van der Waals surface area contributed by atoms with E-state index in [-0.39, 0.29) is 19.2 Å². The fourth-order valence-electron chi connectivity index (χ4n) is 3.78. The van der Waals surface area contributed by atoms with Crippen molar-refractivity contribution in [2.24, 2.45) is 0 Å². The van der Waals surface area contributed by atoms with Crippen molar-refractivity contribution in [3.63, 3.8) is 0 Å². The van der Waals surface area contributed by atoms with Crippen molar-refractivity contribution < 1.29 is 19.1 Å². The van der Waals surface area contributed by atoms with Crippen molar-refractivity contribution in [3.8, 4) is 0 Å². The average molecular weight is 441 g/mol. The number of rotatable bonds is 21. The van der Waals surface area contributed by atoms with Crippen LogP contribution in [0.15, 0.2) is 0 Å². The van der Waals surface area contributed by atoms with Gasteiger partial charge in [-0.3, -0.25) is 9.59 Å². The third kappa shape index (κ3) is 18.2. The maximum Gasteiger partial charge on any atom is 0.220 e. The number of unbranched alkanes of at least 4 members (excludes halogenated alkanes) is 10. The number of hydrogen-bond acceptors (Lipinski definition) is 4. The molecule has 0 aromatic heterocycles. The van der Waals surface area contributed by atoms with Crippen LogP contribution in [-0.4, -0.2) is 50.3 Å². The standard InChI is InChI=1S/C24H44N2O4.CH4/c27-23(15-11-7-3-1-5-9-13-21-19-29-21)25-17-18-26-24(28)16-12-8-4-2-6-10-14-22-20-30-22;/h21-22H,1-20H2,(H,25,27)(H,26,28);1H4. The molecule has 0 spiro atoms. The highest BCUT2D eigenvalue weighted by Crippen LogP contribution is 2.19. The largest absolute Gasteiger partial charge is 0.373 e. The molecule has 2 amide bonds. The topological polar surface area (TPSA) is 83.3 Å². The van der Waals surface area contributed by atoms with Crippen molar-refractivity contribution in [3.05, 3.63) is 0 Å². The fraction of sp³-hybridized carbons (Fsp3) is 0.920. The number of hydrogen-bond donors (Lipinski definition) is 2. The third-order valence-corrected chi connectivity index (χ3v) is 5.93. The Morgan fingerprint density at radius 1 is 0.581 bits per heavy atom. The normalized spacial score (nSPS) is 18.8. The number of carbonyl (C=O) groups is 2. The highest BCUT2D eigenvalue weighted by Gasteiger charge is 2.21. The molecule has 2 N–H and O–H groups in total. The quantitative estimate of drug-likeness (QED) is 0.196. The number of nitrogens with one attached hydrogen (secondary N) is 2. The van der Waals surface area contributed by atoms with Gasteiger partial charge in [-0.05, 0) is 25.7 Å². The Morgan fingerprint density at radius 3 is 1.26 bits per heavy atom. The molecule has 2 heterocycles. The molecule has 2 aliphatic rings. The first kappa shape index (κ1) is 27.9. The summed E-state index contributed by atoms with van der Waals surface area (Å²) in [4.78, 5) is 23.6. The molecule has 2 unspecified atom stereocenters. The summed E-state index contributed by atoms with van der Waals surface area (Å²) in [6, 6.07) is 0. The smallest absolute Gasteiger partial charge is 0.220 e. The van der Waals surface area contributed by atoms with Crippen LogP contribution in [-0.2, 0) is 19.1 Å². The Morgan fingerprint density at radius 2 is 0.903 bits per heavy atom. The van der Waals surface area contributed by atoms with E-state index in [4.69, 9.17) is 9.47 Å².